The molecule has 0 radical (unpaired) electrons. The number of fused-ring (bicyclic) bond motifs is 2. The Morgan fingerprint density at radius 1 is 0.923 bits per heavy atom. The maximum Gasteiger partial charge on any atom is 0.255 e. The molecule has 0 spiro atoms. The lowest BCUT2D eigenvalue weighted by atomic mass is 9.94. The molecule has 1 aromatic carbocycles. The zero-order valence-electron chi connectivity index (χ0n) is 15.0. The second-order valence-electron chi connectivity index (χ2n) is 7.76. The molecule has 3 aliphatic rings. The highest BCUT2D eigenvalue weighted by Gasteiger charge is 2.35. The maximum atomic E-state index is 13.0. The number of hydrogen-bond donors (Lipinski definition) is 1. The van der Waals surface area contributed by atoms with Gasteiger partial charge < -0.3 is 15.1 Å². The molecule has 0 aromatic heterocycles. The van der Waals surface area contributed by atoms with Crippen LogP contribution in [0.25, 0.3) is 0 Å². The van der Waals surface area contributed by atoms with Crippen LogP contribution in [0.3, 0.4) is 0 Å². The van der Waals surface area contributed by atoms with Crippen molar-refractivity contribution < 1.29 is 9.59 Å². The van der Waals surface area contributed by atoms with Gasteiger partial charge in [0, 0.05) is 44.2 Å². The van der Waals surface area contributed by atoms with Gasteiger partial charge in [-0.25, -0.2) is 0 Å². The van der Waals surface area contributed by atoms with Crippen LogP contribution < -0.4 is 5.32 Å². The van der Waals surface area contributed by atoms with Crippen LogP contribution in [-0.2, 0) is 4.79 Å². The van der Waals surface area contributed by atoms with E-state index in [9.17, 15) is 9.59 Å². The van der Waals surface area contributed by atoms with Crippen molar-refractivity contribution in [3.8, 4) is 0 Å². The third kappa shape index (κ3) is 3.60. The Morgan fingerprint density at radius 3 is 2.38 bits per heavy atom. The monoisotopic (exact) mass is 375 g/mol. The van der Waals surface area contributed by atoms with Gasteiger partial charge in [-0.15, -0.1) is 0 Å². The standard InChI is InChI=1S/C20H26ClN3O2/c21-18-4-2-1-3-17(18)20(26)23-10-7-14(8-11-23)19(25)24-12-9-15-5-6-16(13-24)22-15/h1-4,14-16,22H,5-13H2/t15-,16+/m1/s1. The summed E-state index contributed by atoms with van der Waals surface area (Å²) < 4.78 is 0. The fraction of sp³-hybridized carbons (Fsp3) is 0.600. The van der Waals surface area contributed by atoms with Gasteiger partial charge in [-0.05, 0) is 44.2 Å². The lowest BCUT2D eigenvalue weighted by molar-refractivity contribution is -0.137. The lowest BCUT2D eigenvalue weighted by Gasteiger charge is -2.35. The van der Waals surface area contributed by atoms with Crippen molar-refractivity contribution in [3.63, 3.8) is 0 Å². The second kappa shape index (κ2) is 7.57. The van der Waals surface area contributed by atoms with E-state index in [1.165, 1.54) is 12.8 Å². The third-order valence-electron chi connectivity index (χ3n) is 6.07. The number of carbonyl (C=O) groups is 2. The molecule has 2 atom stereocenters. The molecule has 5 nitrogen and oxygen atoms in total. The summed E-state index contributed by atoms with van der Waals surface area (Å²) in [4.78, 5) is 29.5. The number of likely N-dealkylation sites (tertiary alicyclic amines) is 2. The molecule has 2 amide bonds. The number of rotatable bonds is 2. The molecule has 2 bridgehead atoms. The number of nitrogens with zero attached hydrogens (tertiary/aromatic N) is 2. The van der Waals surface area contributed by atoms with Gasteiger partial charge in [0.25, 0.3) is 5.91 Å². The summed E-state index contributed by atoms with van der Waals surface area (Å²) in [6.45, 7) is 2.96. The number of benzene rings is 1. The molecule has 3 aliphatic heterocycles. The average Bonchev–Trinajstić information content (AvgIpc) is 3.00. The summed E-state index contributed by atoms with van der Waals surface area (Å²) in [5, 5.41) is 4.12. The van der Waals surface area contributed by atoms with Crippen LogP contribution in [0.4, 0.5) is 0 Å². The molecule has 3 saturated heterocycles. The van der Waals surface area contributed by atoms with Crippen molar-refractivity contribution in [2.75, 3.05) is 26.2 Å². The fourth-order valence-corrected chi connectivity index (χ4v) is 4.75. The minimum Gasteiger partial charge on any atom is -0.341 e. The molecule has 26 heavy (non-hydrogen) atoms. The van der Waals surface area contributed by atoms with Crippen LogP contribution in [0.2, 0.25) is 5.02 Å². The van der Waals surface area contributed by atoms with E-state index in [-0.39, 0.29) is 17.7 Å². The van der Waals surface area contributed by atoms with E-state index in [4.69, 9.17) is 11.6 Å². The number of halogens is 1. The summed E-state index contributed by atoms with van der Waals surface area (Å²) in [5.74, 6) is 0.295. The Labute approximate surface area is 159 Å². The first kappa shape index (κ1) is 17.8. The number of carbonyl (C=O) groups excluding carboxylic acids is 2. The Balaban J connectivity index is 1.34. The summed E-state index contributed by atoms with van der Waals surface area (Å²) >= 11 is 6.15. The number of amides is 2. The SMILES string of the molecule is O=C(c1ccccc1Cl)N1CCC(C(=O)N2CC[C@H]3CC[C@@H](C2)N3)CC1. The highest BCUT2D eigenvalue weighted by Crippen LogP contribution is 2.26. The van der Waals surface area contributed by atoms with Crippen molar-refractivity contribution in [2.45, 2.75) is 44.2 Å². The number of nitrogens with one attached hydrogen (secondary N) is 1. The van der Waals surface area contributed by atoms with E-state index in [2.05, 4.69) is 10.2 Å². The molecular weight excluding hydrogens is 350 g/mol. The highest BCUT2D eigenvalue weighted by atomic mass is 35.5. The maximum absolute atomic E-state index is 13.0. The van der Waals surface area contributed by atoms with Crippen molar-refractivity contribution in [2.24, 2.45) is 5.92 Å². The van der Waals surface area contributed by atoms with Crippen LogP contribution >= 0.6 is 11.6 Å². The van der Waals surface area contributed by atoms with E-state index in [1.807, 2.05) is 17.0 Å². The predicted molar refractivity (Wildman–Crippen MR) is 101 cm³/mol. The normalized spacial score (nSPS) is 26.7. The molecule has 1 N–H and O–H groups in total. The molecule has 0 aliphatic carbocycles. The first-order valence-corrected chi connectivity index (χ1v) is 10.1. The first-order chi connectivity index (χ1) is 12.6. The van der Waals surface area contributed by atoms with Gasteiger partial charge in [0.15, 0.2) is 0 Å². The predicted octanol–water partition coefficient (Wildman–Crippen LogP) is 2.55. The van der Waals surface area contributed by atoms with Crippen LogP contribution in [-0.4, -0.2) is 59.9 Å². The van der Waals surface area contributed by atoms with Crippen molar-refractivity contribution in [1.29, 1.82) is 0 Å². The molecule has 6 heteroatoms. The van der Waals surface area contributed by atoms with Crippen molar-refractivity contribution >= 4 is 23.4 Å². The Kier molecular flexibility index (Phi) is 5.18. The molecule has 3 fully saturated rings. The summed E-state index contributed by atoms with van der Waals surface area (Å²) in [6, 6.07) is 8.22. The first-order valence-electron chi connectivity index (χ1n) is 9.70. The van der Waals surface area contributed by atoms with Gasteiger partial charge in [0.2, 0.25) is 5.91 Å². The Bertz CT molecular complexity index is 687. The summed E-state index contributed by atoms with van der Waals surface area (Å²) in [7, 11) is 0. The molecular formula is C20H26ClN3O2. The van der Waals surface area contributed by atoms with E-state index >= 15 is 0 Å². The average molecular weight is 376 g/mol. The van der Waals surface area contributed by atoms with Crippen LogP contribution in [0, 0.1) is 5.92 Å². The van der Waals surface area contributed by atoms with E-state index < -0.39 is 0 Å². The van der Waals surface area contributed by atoms with Crippen LogP contribution in [0.5, 0.6) is 0 Å². The van der Waals surface area contributed by atoms with E-state index in [1.54, 1.807) is 12.1 Å². The van der Waals surface area contributed by atoms with Crippen molar-refractivity contribution in [3.05, 3.63) is 34.9 Å². The van der Waals surface area contributed by atoms with Crippen molar-refractivity contribution in [1.82, 2.24) is 15.1 Å². The minimum atomic E-state index is -0.0298. The van der Waals surface area contributed by atoms with Gasteiger partial charge in [-0.2, -0.15) is 0 Å². The molecule has 140 valence electrons. The van der Waals surface area contributed by atoms with Gasteiger partial charge >= 0.3 is 0 Å². The van der Waals surface area contributed by atoms with E-state index in [0.29, 0.717) is 35.8 Å². The van der Waals surface area contributed by atoms with Crippen LogP contribution in [0.15, 0.2) is 24.3 Å². The fourth-order valence-electron chi connectivity index (χ4n) is 4.54. The number of piperidine rings is 1. The van der Waals surface area contributed by atoms with Gasteiger partial charge in [0.05, 0.1) is 10.6 Å². The molecule has 0 unspecified atom stereocenters. The molecule has 4 rings (SSSR count). The number of hydrogen-bond acceptors (Lipinski definition) is 3. The third-order valence-corrected chi connectivity index (χ3v) is 6.40. The zero-order chi connectivity index (χ0) is 18.1. The minimum absolute atomic E-state index is 0.0298. The smallest absolute Gasteiger partial charge is 0.255 e. The molecule has 0 saturated carbocycles. The summed E-state index contributed by atoms with van der Waals surface area (Å²) in [6.07, 6.45) is 4.97. The Morgan fingerprint density at radius 2 is 1.62 bits per heavy atom. The Hall–Kier alpha value is -1.59. The molecule has 3 heterocycles. The largest absolute Gasteiger partial charge is 0.341 e. The van der Waals surface area contributed by atoms with Gasteiger partial charge in [0.1, 0.15) is 0 Å². The lowest BCUT2D eigenvalue weighted by Crippen LogP contribution is -2.46. The molecule has 1 aromatic rings. The van der Waals surface area contributed by atoms with Crippen LogP contribution in [0.1, 0.15) is 42.5 Å². The topological polar surface area (TPSA) is 52.7 Å². The van der Waals surface area contributed by atoms with Gasteiger partial charge in [-0.3, -0.25) is 9.59 Å². The van der Waals surface area contributed by atoms with E-state index in [0.717, 1.165) is 32.4 Å². The highest BCUT2D eigenvalue weighted by molar-refractivity contribution is 6.33. The quantitative estimate of drug-likeness (QED) is 0.864. The second-order valence-corrected chi connectivity index (χ2v) is 8.16. The summed E-state index contributed by atoms with van der Waals surface area (Å²) in [5.41, 5.74) is 0.550. The zero-order valence-corrected chi connectivity index (χ0v) is 15.8. The van der Waals surface area contributed by atoms with Gasteiger partial charge in [-0.1, -0.05) is 23.7 Å².